The first-order valence-corrected chi connectivity index (χ1v) is 8.78. The number of hydrogen-bond acceptors (Lipinski definition) is 5. The van der Waals surface area contributed by atoms with Crippen molar-refractivity contribution < 1.29 is 9.84 Å². The lowest BCUT2D eigenvalue weighted by atomic mass is 10.0. The monoisotopic (exact) mass is 322 g/mol. The number of likely N-dealkylation sites (tertiary alicyclic amines) is 1. The molecule has 2 fully saturated rings. The summed E-state index contributed by atoms with van der Waals surface area (Å²) < 4.78 is 7.35. The maximum atomic E-state index is 10.5. The second kappa shape index (κ2) is 7.30. The second-order valence-corrected chi connectivity index (χ2v) is 6.93. The molecule has 0 aromatic carbocycles. The molecule has 3 rings (SSSR count). The summed E-state index contributed by atoms with van der Waals surface area (Å²) in [4.78, 5) is 4.75. The van der Waals surface area contributed by atoms with Crippen LogP contribution in [-0.2, 0) is 11.8 Å². The Morgan fingerprint density at radius 3 is 2.61 bits per heavy atom. The van der Waals surface area contributed by atoms with Crippen molar-refractivity contribution in [2.24, 2.45) is 7.05 Å². The highest BCUT2D eigenvalue weighted by Gasteiger charge is 2.31. The van der Waals surface area contributed by atoms with Gasteiger partial charge in [0.25, 0.3) is 0 Å². The van der Waals surface area contributed by atoms with Crippen LogP contribution in [0.2, 0.25) is 0 Å². The van der Waals surface area contributed by atoms with Gasteiger partial charge in [-0.1, -0.05) is 0 Å². The standard InChI is InChI=1S/C17H30N4O2/c1-13-17(14(2)19(3)18-13)16-5-4-6-21(16)12-15(22)11-20-7-9-23-10-8-20/h15-16,22H,4-12H2,1-3H3/t15-,16+/m0/s1. The number of aryl methyl sites for hydroxylation is 2. The molecular formula is C17H30N4O2. The lowest BCUT2D eigenvalue weighted by molar-refractivity contribution is 0.00581. The van der Waals surface area contributed by atoms with Crippen molar-refractivity contribution in [1.82, 2.24) is 19.6 Å². The summed E-state index contributed by atoms with van der Waals surface area (Å²) >= 11 is 0. The number of aliphatic hydroxyl groups is 1. The van der Waals surface area contributed by atoms with Crippen LogP contribution < -0.4 is 0 Å². The molecule has 1 aromatic heterocycles. The van der Waals surface area contributed by atoms with Gasteiger partial charge in [-0.05, 0) is 33.2 Å². The molecule has 0 unspecified atom stereocenters. The zero-order valence-corrected chi connectivity index (χ0v) is 14.7. The maximum absolute atomic E-state index is 10.5. The molecule has 3 heterocycles. The first-order chi connectivity index (χ1) is 11.1. The number of rotatable bonds is 5. The van der Waals surface area contributed by atoms with Crippen LogP contribution in [0.3, 0.4) is 0 Å². The highest BCUT2D eigenvalue weighted by Crippen LogP contribution is 2.35. The van der Waals surface area contributed by atoms with Crippen molar-refractivity contribution in [3.8, 4) is 0 Å². The fraction of sp³-hybridized carbons (Fsp3) is 0.824. The normalized spacial score (nSPS) is 25.1. The Balaban J connectivity index is 1.62. The molecule has 0 radical (unpaired) electrons. The van der Waals surface area contributed by atoms with E-state index in [-0.39, 0.29) is 6.10 Å². The zero-order chi connectivity index (χ0) is 16.4. The molecule has 2 atom stereocenters. The highest BCUT2D eigenvalue weighted by molar-refractivity contribution is 5.29. The molecule has 6 heteroatoms. The molecule has 1 aromatic rings. The van der Waals surface area contributed by atoms with Gasteiger partial charge in [0.1, 0.15) is 0 Å². The third-order valence-corrected chi connectivity index (χ3v) is 5.28. The minimum absolute atomic E-state index is 0.300. The molecule has 2 saturated heterocycles. The third kappa shape index (κ3) is 3.76. The molecule has 0 amide bonds. The second-order valence-electron chi connectivity index (χ2n) is 6.93. The lowest BCUT2D eigenvalue weighted by Crippen LogP contribution is -2.44. The molecule has 23 heavy (non-hydrogen) atoms. The molecule has 1 N–H and O–H groups in total. The van der Waals surface area contributed by atoms with E-state index in [4.69, 9.17) is 4.74 Å². The van der Waals surface area contributed by atoms with E-state index in [0.717, 1.165) is 58.1 Å². The van der Waals surface area contributed by atoms with E-state index in [1.165, 1.54) is 17.7 Å². The number of aromatic nitrogens is 2. The number of β-amino-alcohol motifs (C(OH)–C–C–N with tert-alkyl or cyclic N) is 1. The van der Waals surface area contributed by atoms with Gasteiger partial charge in [-0.2, -0.15) is 5.10 Å². The average Bonchev–Trinajstić information content (AvgIpc) is 3.05. The Morgan fingerprint density at radius 1 is 1.22 bits per heavy atom. The van der Waals surface area contributed by atoms with Crippen LogP contribution in [0.4, 0.5) is 0 Å². The van der Waals surface area contributed by atoms with Crippen LogP contribution in [0.25, 0.3) is 0 Å². The van der Waals surface area contributed by atoms with E-state index in [1.54, 1.807) is 0 Å². The molecule has 6 nitrogen and oxygen atoms in total. The number of ether oxygens (including phenoxy) is 1. The largest absolute Gasteiger partial charge is 0.390 e. The van der Waals surface area contributed by atoms with E-state index in [0.29, 0.717) is 6.04 Å². The summed E-state index contributed by atoms with van der Waals surface area (Å²) in [5.74, 6) is 0. The summed E-state index contributed by atoms with van der Waals surface area (Å²) in [6, 6.07) is 0.406. The summed E-state index contributed by atoms with van der Waals surface area (Å²) in [6.45, 7) is 10.2. The lowest BCUT2D eigenvalue weighted by Gasteiger charge is -2.32. The maximum Gasteiger partial charge on any atom is 0.0794 e. The molecular weight excluding hydrogens is 292 g/mol. The highest BCUT2D eigenvalue weighted by atomic mass is 16.5. The predicted octanol–water partition coefficient (Wildman–Crippen LogP) is 0.867. The molecule has 0 aliphatic carbocycles. The van der Waals surface area contributed by atoms with Gasteiger partial charge in [0.2, 0.25) is 0 Å². The molecule has 0 bridgehead atoms. The van der Waals surface area contributed by atoms with Crippen LogP contribution in [0.1, 0.15) is 35.8 Å². The first-order valence-electron chi connectivity index (χ1n) is 8.78. The zero-order valence-electron chi connectivity index (χ0n) is 14.7. The van der Waals surface area contributed by atoms with Gasteiger partial charge < -0.3 is 9.84 Å². The topological polar surface area (TPSA) is 53.8 Å². The Labute approximate surface area is 139 Å². The Kier molecular flexibility index (Phi) is 5.36. The average molecular weight is 322 g/mol. The third-order valence-electron chi connectivity index (χ3n) is 5.28. The predicted molar refractivity (Wildman–Crippen MR) is 89.5 cm³/mol. The number of nitrogens with zero attached hydrogens (tertiary/aromatic N) is 4. The smallest absolute Gasteiger partial charge is 0.0794 e. The summed E-state index contributed by atoms with van der Waals surface area (Å²) in [7, 11) is 2.01. The van der Waals surface area contributed by atoms with Crippen LogP contribution in [0.15, 0.2) is 0 Å². The molecule has 0 saturated carbocycles. The molecule has 0 spiro atoms. The number of aliphatic hydroxyl groups excluding tert-OH is 1. The number of hydrogen-bond donors (Lipinski definition) is 1. The Bertz CT molecular complexity index is 525. The van der Waals surface area contributed by atoms with Crippen LogP contribution in [0.5, 0.6) is 0 Å². The molecule has 2 aliphatic heterocycles. The van der Waals surface area contributed by atoms with Crippen molar-refractivity contribution in [1.29, 1.82) is 0 Å². The summed E-state index contributed by atoms with van der Waals surface area (Å²) in [5.41, 5.74) is 3.75. The quantitative estimate of drug-likeness (QED) is 0.872. The fourth-order valence-electron chi connectivity index (χ4n) is 4.05. The van der Waals surface area contributed by atoms with Crippen molar-refractivity contribution in [2.75, 3.05) is 45.9 Å². The Hall–Kier alpha value is -0.950. The minimum Gasteiger partial charge on any atom is -0.390 e. The van der Waals surface area contributed by atoms with Gasteiger partial charge in [-0.25, -0.2) is 0 Å². The summed E-state index contributed by atoms with van der Waals surface area (Å²) in [6.07, 6.45) is 2.06. The number of morpholine rings is 1. The van der Waals surface area contributed by atoms with Crippen molar-refractivity contribution >= 4 is 0 Å². The SMILES string of the molecule is Cc1nn(C)c(C)c1[C@H]1CCCN1C[C@@H](O)CN1CCOCC1. The Morgan fingerprint density at radius 2 is 1.96 bits per heavy atom. The fourth-order valence-corrected chi connectivity index (χ4v) is 4.05. The van der Waals surface area contributed by atoms with Gasteiger partial charge >= 0.3 is 0 Å². The van der Waals surface area contributed by atoms with Gasteiger partial charge in [-0.15, -0.1) is 0 Å². The van der Waals surface area contributed by atoms with Gasteiger partial charge in [-0.3, -0.25) is 14.5 Å². The van der Waals surface area contributed by atoms with Crippen LogP contribution >= 0.6 is 0 Å². The van der Waals surface area contributed by atoms with Crippen LogP contribution in [0, 0.1) is 13.8 Å². The van der Waals surface area contributed by atoms with E-state index in [1.807, 2.05) is 11.7 Å². The van der Waals surface area contributed by atoms with Crippen molar-refractivity contribution in [3.05, 3.63) is 17.0 Å². The molecule has 2 aliphatic rings. The first kappa shape index (κ1) is 16.9. The molecule has 130 valence electrons. The van der Waals surface area contributed by atoms with E-state index in [9.17, 15) is 5.11 Å². The summed E-state index contributed by atoms with van der Waals surface area (Å²) in [5, 5.41) is 15.1. The van der Waals surface area contributed by atoms with Crippen molar-refractivity contribution in [3.63, 3.8) is 0 Å². The van der Waals surface area contributed by atoms with Gasteiger partial charge in [0, 0.05) is 50.5 Å². The van der Waals surface area contributed by atoms with E-state index >= 15 is 0 Å². The minimum atomic E-state index is -0.300. The van der Waals surface area contributed by atoms with Gasteiger partial charge in [0.15, 0.2) is 0 Å². The van der Waals surface area contributed by atoms with Crippen molar-refractivity contribution in [2.45, 2.75) is 38.8 Å². The van der Waals surface area contributed by atoms with Gasteiger partial charge in [0.05, 0.1) is 25.0 Å². The van der Waals surface area contributed by atoms with Crippen LogP contribution in [-0.4, -0.2) is 76.7 Å². The van der Waals surface area contributed by atoms with E-state index < -0.39 is 0 Å². The van der Waals surface area contributed by atoms with E-state index in [2.05, 4.69) is 28.7 Å².